The zero-order valence-corrected chi connectivity index (χ0v) is 10.6. The van der Waals surface area contributed by atoms with Crippen LogP contribution >= 0.6 is 11.6 Å². The quantitative estimate of drug-likeness (QED) is 0.633. The van der Waals surface area contributed by atoms with Gasteiger partial charge in [-0.3, -0.25) is 0 Å². The van der Waals surface area contributed by atoms with Gasteiger partial charge in [-0.05, 0) is 32.2 Å². The monoisotopic (exact) mass is 241 g/mol. The summed E-state index contributed by atoms with van der Waals surface area (Å²) in [7, 11) is 0. The Labute approximate surface area is 102 Å². The van der Waals surface area contributed by atoms with E-state index in [9.17, 15) is 0 Å². The first kappa shape index (κ1) is 11.9. The molecular weight excluding hydrogens is 222 g/mol. The third-order valence-electron chi connectivity index (χ3n) is 3.43. The lowest BCUT2D eigenvalue weighted by molar-refractivity contribution is 0.478. The van der Waals surface area contributed by atoms with E-state index in [1.807, 2.05) is 19.3 Å². The van der Waals surface area contributed by atoms with Crippen molar-refractivity contribution in [2.75, 3.05) is 13.1 Å². The van der Waals surface area contributed by atoms with Crippen LogP contribution in [0.3, 0.4) is 0 Å². The summed E-state index contributed by atoms with van der Waals surface area (Å²) in [6, 6.07) is 0. The molecule has 2 atom stereocenters. The maximum atomic E-state index is 6.23. The number of alkyl halides is 1. The molecule has 1 fully saturated rings. The first-order chi connectivity index (χ1) is 7.77. The molecule has 0 spiro atoms. The Balaban J connectivity index is 1.63. The van der Waals surface area contributed by atoms with Gasteiger partial charge in [0.25, 0.3) is 0 Å². The van der Waals surface area contributed by atoms with Gasteiger partial charge in [-0.15, -0.1) is 11.6 Å². The maximum absolute atomic E-state index is 6.23. The Kier molecular flexibility index (Phi) is 4.24. The van der Waals surface area contributed by atoms with Crippen LogP contribution in [0.15, 0.2) is 12.4 Å². The van der Waals surface area contributed by atoms with Gasteiger partial charge in [0.05, 0.1) is 0 Å². The van der Waals surface area contributed by atoms with Gasteiger partial charge in [-0.1, -0.05) is 6.42 Å². The molecule has 0 saturated heterocycles. The highest BCUT2D eigenvalue weighted by Gasteiger charge is 2.24. The minimum Gasteiger partial charge on any atom is -0.334 e. The van der Waals surface area contributed by atoms with Crippen molar-refractivity contribution in [2.45, 2.75) is 38.1 Å². The van der Waals surface area contributed by atoms with Crippen LogP contribution in [0.2, 0.25) is 0 Å². The van der Waals surface area contributed by atoms with Gasteiger partial charge < -0.3 is 9.88 Å². The summed E-state index contributed by atoms with van der Waals surface area (Å²) in [6.07, 6.45) is 7.64. The van der Waals surface area contributed by atoms with Gasteiger partial charge >= 0.3 is 0 Å². The van der Waals surface area contributed by atoms with E-state index in [1.54, 1.807) is 0 Å². The number of halogens is 1. The van der Waals surface area contributed by atoms with Crippen molar-refractivity contribution in [2.24, 2.45) is 5.92 Å². The highest BCUT2D eigenvalue weighted by Crippen LogP contribution is 2.29. The largest absolute Gasteiger partial charge is 0.334 e. The average Bonchev–Trinajstić information content (AvgIpc) is 2.84. The van der Waals surface area contributed by atoms with Crippen LogP contribution in [-0.4, -0.2) is 28.0 Å². The third kappa shape index (κ3) is 2.98. The number of imidazole rings is 1. The van der Waals surface area contributed by atoms with Crippen molar-refractivity contribution in [3.05, 3.63) is 18.2 Å². The van der Waals surface area contributed by atoms with Crippen LogP contribution in [0, 0.1) is 12.8 Å². The summed E-state index contributed by atoms with van der Waals surface area (Å²) in [4.78, 5) is 4.20. The van der Waals surface area contributed by atoms with E-state index in [2.05, 4.69) is 14.9 Å². The van der Waals surface area contributed by atoms with E-state index in [0.717, 1.165) is 25.5 Å². The van der Waals surface area contributed by atoms with Crippen LogP contribution in [0.25, 0.3) is 0 Å². The molecule has 0 bridgehead atoms. The molecule has 1 aliphatic carbocycles. The highest BCUT2D eigenvalue weighted by molar-refractivity contribution is 6.20. The molecule has 1 saturated carbocycles. The molecule has 1 aliphatic rings. The fourth-order valence-corrected chi connectivity index (χ4v) is 2.72. The van der Waals surface area contributed by atoms with Gasteiger partial charge in [0.15, 0.2) is 0 Å². The number of hydrogen-bond acceptors (Lipinski definition) is 2. The van der Waals surface area contributed by atoms with E-state index >= 15 is 0 Å². The van der Waals surface area contributed by atoms with Gasteiger partial charge in [-0.2, -0.15) is 0 Å². The molecule has 1 aromatic heterocycles. The van der Waals surface area contributed by atoms with E-state index in [4.69, 9.17) is 11.6 Å². The molecule has 1 aromatic rings. The molecule has 0 radical (unpaired) electrons. The summed E-state index contributed by atoms with van der Waals surface area (Å²) in [5.74, 6) is 1.75. The minimum absolute atomic E-state index is 0.391. The predicted molar refractivity (Wildman–Crippen MR) is 66.8 cm³/mol. The zero-order chi connectivity index (χ0) is 11.4. The zero-order valence-electron chi connectivity index (χ0n) is 9.82. The third-order valence-corrected chi connectivity index (χ3v) is 4.00. The number of rotatable bonds is 5. The topological polar surface area (TPSA) is 29.9 Å². The number of aryl methyl sites for hydroxylation is 1. The van der Waals surface area contributed by atoms with Crippen LogP contribution < -0.4 is 5.32 Å². The van der Waals surface area contributed by atoms with Crippen molar-refractivity contribution < 1.29 is 0 Å². The summed E-state index contributed by atoms with van der Waals surface area (Å²) >= 11 is 6.23. The molecule has 2 rings (SSSR count). The van der Waals surface area contributed by atoms with Gasteiger partial charge in [0.1, 0.15) is 5.82 Å². The minimum atomic E-state index is 0.391. The molecule has 1 heterocycles. The Morgan fingerprint density at radius 1 is 1.56 bits per heavy atom. The summed E-state index contributed by atoms with van der Waals surface area (Å²) in [5, 5.41) is 3.88. The second kappa shape index (κ2) is 5.69. The Morgan fingerprint density at radius 3 is 3.06 bits per heavy atom. The van der Waals surface area contributed by atoms with Gasteiger partial charge in [0.2, 0.25) is 0 Å². The van der Waals surface area contributed by atoms with E-state index in [0.29, 0.717) is 11.3 Å². The first-order valence-electron chi connectivity index (χ1n) is 6.10. The Hall–Kier alpha value is -0.540. The molecular formula is C12H20ClN3. The molecule has 0 aromatic carbocycles. The van der Waals surface area contributed by atoms with Crippen molar-refractivity contribution >= 4 is 11.6 Å². The van der Waals surface area contributed by atoms with Crippen LogP contribution in [0.5, 0.6) is 0 Å². The van der Waals surface area contributed by atoms with Gasteiger partial charge in [-0.25, -0.2) is 4.98 Å². The molecule has 16 heavy (non-hydrogen) atoms. The Morgan fingerprint density at radius 2 is 2.44 bits per heavy atom. The molecule has 0 amide bonds. The molecule has 1 N–H and O–H groups in total. The van der Waals surface area contributed by atoms with Crippen LogP contribution in [0.4, 0.5) is 0 Å². The van der Waals surface area contributed by atoms with Crippen molar-refractivity contribution in [1.29, 1.82) is 0 Å². The predicted octanol–water partition coefficient (Wildman–Crippen LogP) is 2.19. The van der Waals surface area contributed by atoms with Crippen LogP contribution in [-0.2, 0) is 6.54 Å². The molecule has 2 unspecified atom stereocenters. The van der Waals surface area contributed by atoms with Crippen molar-refractivity contribution in [3.63, 3.8) is 0 Å². The second-order valence-corrected chi connectivity index (χ2v) is 5.14. The maximum Gasteiger partial charge on any atom is 0.105 e. The smallest absolute Gasteiger partial charge is 0.105 e. The SMILES string of the molecule is Cc1nccn1CCNCC1CCCC1Cl. The van der Waals surface area contributed by atoms with E-state index in [-0.39, 0.29) is 0 Å². The summed E-state index contributed by atoms with van der Waals surface area (Å²) < 4.78 is 2.17. The van der Waals surface area contributed by atoms with Crippen LogP contribution in [0.1, 0.15) is 25.1 Å². The fourth-order valence-electron chi connectivity index (χ4n) is 2.35. The normalized spacial score (nSPS) is 25.1. The lowest BCUT2D eigenvalue weighted by Crippen LogP contribution is -2.28. The second-order valence-electron chi connectivity index (χ2n) is 4.58. The molecule has 3 nitrogen and oxygen atoms in total. The first-order valence-corrected chi connectivity index (χ1v) is 6.53. The molecule has 4 heteroatoms. The van der Waals surface area contributed by atoms with Crippen molar-refractivity contribution in [1.82, 2.24) is 14.9 Å². The average molecular weight is 242 g/mol. The van der Waals surface area contributed by atoms with E-state index < -0.39 is 0 Å². The fraction of sp³-hybridized carbons (Fsp3) is 0.750. The van der Waals surface area contributed by atoms with E-state index in [1.165, 1.54) is 19.3 Å². The number of nitrogens with zero attached hydrogens (tertiary/aromatic N) is 2. The summed E-state index contributed by atoms with van der Waals surface area (Å²) in [5.41, 5.74) is 0. The lowest BCUT2D eigenvalue weighted by atomic mass is 10.1. The number of nitrogens with one attached hydrogen (secondary N) is 1. The molecule has 90 valence electrons. The van der Waals surface area contributed by atoms with Crippen molar-refractivity contribution in [3.8, 4) is 0 Å². The standard InChI is InChI=1S/C12H20ClN3/c1-10-15-6-8-16(10)7-5-14-9-11-3-2-4-12(11)13/h6,8,11-12,14H,2-5,7,9H2,1H3. The number of hydrogen-bond donors (Lipinski definition) is 1. The van der Waals surface area contributed by atoms with Gasteiger partial charge in [0, 0.05) is 30.9 Å². The Bertz CT molecular complexity index is 324. The summed E-state index contributed by atoms with van der Waals surface area (Å²) in [6.45, 7) is 5.08. The highest BCUT2D eigenvalue weighted by atomic mass is 35.5. The molecule has 0 aliphatic heterocycles. The number of aromatic nitrogens is 2. The lowest BCUT2D eigenvalue weighted by Gasteiger charge is -2.14.